The number of esters is 1. The van der Waals surface area contributed by atoms with E-state index in [0.29, 0.717) is 16.8 Å². The molecule has 2 rings (SSSR count). The second-order valence-electron chi connectivity index (χ2n) is 5.20. The summed E-state index contributed by atoms with van der Waals surface area (Å²) in [7, 11) is 1.28. The van der Waals surface area contributed by atoms with Crippen LogP contribution in [0.5, 0.6) is 5.75 Å². The molecule has 0 saturated heterocycles. The quantitative estimate of drug-likeness (QED) is 0.679. The molecule has 0 unspecified atom stereocenters. The lowest BCUT2D eigenvalue weighted by atomic mass is 10.1. The van der Waals surface area contributed by atoms with Crippen molar-refractivity contribution in [2.45, 2.75) is 26.9 Å². The van der Waals surface area contributed by atoms with E-state index in [1.165, 1.54) is 25.3 Å². The van der Waals surface area contributed by atoms with Gasteiger partial charge in [-0.3, -0.25) is 4.79 Å². The van der Waals surface area contributed by atoms with E-state index in [9.17, 15) is 14.0 Å². The number of aryl methyl sites for hydroxylation is 1. The number of nitrogens with one attached hydrogen (secondary N) is 1. The van der Waals surface area contributed by atoms with Crippen molar-refractivity contribution < 1.29 is 23.5 Å². The molecular weight excluding hydrogens is 301 g/mol. The van der Waals surface area contributed by atoms with Gasteiger partial charge in [0.15, 0.2) is 6.10 Å². The van der Waals surface area contributed by atoms with Crippen LogP contribution in [-0.2, 0) is 4.74 Å². The number of hydrogen-bond acceptors (Lipinski definition) is 4. The van der Waals surface area contributed by atoms with Gasteiger partial charge in [-0.25, -0.2) is 9.18 Å². The minimum atomic E-state index is -0.834. The molecular formula is C17H18FNO4. The van der Waals surface area contributed by atoms with Gasteiger partial charge in [0, 0.05) is 11.8 Å². The Kier molecular flexibility index (Phi) is 4.83. The first-order valence-corrected chi connectivity index (χ1v) is 7.09. The van der Waals surface area contributed by atoms with Crippen LogP contribution >= 0.6 is 0 Å². The Morgan fingerprint density at radius 3 is 2.57 bits per heavy atom. The topological polar surface area (TPSA) is 68.4 Å². The van der Waals surface area contributed by atoms with Gasteiger partial charge in [-0.05, 0) is 38.5 Å². The fourth-order valence-electron chi connectivity index (χ4n) is 2.41. The van der Waals surface area contributed by atoms with Crippen LogP contribution in [0, 0.1) is 19.7 Å². The van der Waals surface area contributed by atoms with Crippen molar-refractivity contribution in [3.8, 4) is 5.75 Å². The van der Waals surface area contributed by atoms with E-state index in [-0.39, 0.29) is 17.2 Å². The number of hydrogen-bond donors (Lipinski definition) is 1. The SMILES string of the molecule is COC(=O)c1c(C)[nH]c(C(=O)[C@@H](C)Oc2cccc(F)c2)c1C. The molecule has 0 aliphatic rings. The number of ketones is 1. The lowest BCUT2D eigenvalue weighted by molar-refractivity contribution is 0.0599. The van der Waals surface area contributed by atoms with Crippen LogP contribution in [-0.4, -0.2) is 30.0 Å². The molecule has 0 bridgehead atoms. The molecule has 1 aromatic carbocycles. The number of halogens is 1. The number of carbonyl (C=O) groups is 2. The third kappa shape index (κ3) is 3.41. The van der Waals surface area contributed by atoms with E-state index < -0.39 is 17.9 Å². The van der Waals surface area contributed by atoms with Crippen LogP contribution in [0.25, 0.3) is 0 Å². The molecule has 0 amide bonds. The number of carbonyl (C=O) groups excluding carboxylic acids is 2. The number of aromatic nitrogens is 1. The number of Topliss-reactive ketones (excluding diaryl/α,β-unsaturated/α-hetero) is 1. The highest BCUT2D eigenvalue weighted by atomic mass is 19.1. The Labute approximate surface area is 133 Å². The maximum atomic E-state index is 13.2. The van der Waals surface area contributed by atoms with E-state index in [2.05, 4.69) is 4.98 Å². The average Bonchev–Trinajstić information content (AvgIpc) is 2.80. The van der Waals surface area contributed by atoms with E-state index >= 15 is 0 Å². The summed E-state index contributed by atoms with van der Waals surface area (Å²) in [6.45, 7) is 4.92. The van der Waals surface area contributed by atoms with Crippen LogP contribution in [0.1, 0.15) is 39.0 Å². The summed E-state index contributed by atoms with van der Waals surface area (Å²) in [4.78, 5) is 27.2. The fourth-order valence-corrected chi connectivity index (χ4v) is 2.41. The van der Waals surface area contributed by atoms with Gasteiger partial charge in [-0.1, -0.05) is 6.07 Å². The molecule has 2 aromatic rings. The summed E-state index contributed by atoms with van der Waals surface area (Å²) < 4.78 is 23.4. The van der Waals surface area contributed by atoms with Crippen molar-refractivity contribution in [3.63, 3.8) is 0 Å². The molecule has 0 aliphatic heterocycles. The molecule has 122 valence electrons. The molecule has 0 spiro atoms. The first kappa shape index (κ1) is 16.7. The maximum Gasteiger partial charge on any atom is 0.339 e. The largest absolute Gasteiger partial charge is 0.482 e. The first-order chi connectivity index (χ1) is 10.8. The van der Waals surface area contributed by atoms with Crippen LogP contribution in [0.15, 0.2) is 24.3 Å². The van der Waals surface area contributed by atoms with Gasteiger partial charge in [0.05, 0.1) is 18.4 Å². The third-order valence-corrected chi connectivity index (χ3v) is 3.55. The number of H-pyrrole nitrogens is 1. The predicted octanol–water partition coefficient (Wildman–Crippen LogP) is 3.21. The lowest BCUT2D eigenvalue weighted by Crippen LogP contribution is -2.25. The molecule has 1 aromatic heterocycles. The highest BCUT2D eigenvalue weighted by Gasteiger charge is 2.26. The summed E-state index contributed by atoms with van der Waals surface area (Å²) in [5.74, 6) is -1.01. The molecule has 1 N–H and O–H groups in total. The Morgan fingerprint density at radius 1 is 1.26 bits per heavy atom. The predicted molar refractivity (Wildman–Crippen MR) is 82.4 cm³/mol. The summed E-state index contributed by atoms with van der Waals surface area (Å²) in [6, 6.07) is 5.57. The van der Waals surface area contributed by atoms with Gasteiger partial charge in [0.2, 0.25) is 5.78 Å². The van der Waals surface area contributed by atoms with Crippen LogP contribution < -0.4 is 4.74 Å². The van der Waals surface area contributed by atoms with E-state index in [1.807, 2.05) is 0 Å². The standard InChI is InChI=1S/C17H18FNO4/c1-9-14(17(21)22-4)10(2)19-15(9)16(20)11(3)23-13-7-5-6-12(18)8-13/h5-8,11,19H,1-4H3/t11-/m1/s1. The van der Waals surface area contributed by atoms with E-state index in [1.54, 1.807) is 26.8 Å². The highest BCUT2D eigenvalue weighted by molar-refractivity contribution is 6.03. The highest BCUT2D eigenvalue weighted by Crippen LogP contribution is 2.22. The fraction of sp³-hybridized carbons (Fsp3) is 0.294. The number of aromatic amines is 1. The molecule has 1 atom stereocenters. The van der Waals surface area contributed by atoms with Crippen LogP contribution in [0.4, 0.5) is 4.39 Å². The second kappa shape index (κ2) is 6.64. The van der Waals surface area contributed by atoms with Gasteiger partial charge in [-0.2, -0.15) is 0 Å². The summed E-state index contributed by atoms with van der Waals surface area (Å²) in [5, 5.41) is 0. The van der Waals surface area contributed by atoms with Crippen molar-refractivity contribution in [2.24, 2.45) is 0 Å². The zero-order valence-electron chi connectivity index (χ0n) is 13.4. The summed E-state index contributed by atoms with van der Waals surface area (Å²) >= 11 is 0. The van der Waals surface area contributed by atoms with Crippen LogP contribution in [0.3, 0.4) is 0 Å². The minimum absolute atomic E-state index is 0.264. The Balaban J connectivity index is 2.25. The number of rotatable bonds is 5. The van der Waals surface area contributed by atoms with Crippen molar-refractivity contribution in [2.75, 3.05) is 7.11 Å². The Bertz CT molecular complexity index is 751. The second-order valence-corrected chi connectivity index (χ2v) is 5.20. The third-order valence-electron chi connectivity index (χ3n) is 3.55. The van der Waals surface area contributed by atoms with Gasteiger partial charge in [0.1, 0.15) is 11.6 Å². The molecule has 23 heavy (non-hydrogen) atoms. The van der Waals surface area contributed by atoms with Gasteiger partial charge < -0.3 is 14.5 Å². The van der Waals surface area contributed by atoms with E-state index in [0.717, 1.165) is 0 Å². The normalized spacial score (nSPS) is 11.9. The summed E-state index contributed by atoms with van der Waals surface area (Å²) in [6.07, 6.45) is -0.834. The zero-order valence-corrected chi connectivity index (χ0v) is 13.4. The smallest absolute Gasteiger partial charge is 0.339 e. The maximum absolute atomic E-state index is 13.2. The summed E-state index contributed by atoms with van der Waals surface area (Å²) in [5.41, 5.74) is 1.69. The molecule has 5 nitrogen and oxygen atoms in total. The lowest BCUT2D eigenvalue weighted by Gasteiger charge is -2.13. The molecule has 6 heteroatoms. The van der Waals surface area contributed by atoms with E-state index in [4.69, 9.17) is 9.47 Å². The number of benzene rings is 1. The van der Waals surface area contributed by atoms with Crippen molar-refractivity contribution >= 4 is 11.8 Å². The number of methoxy groups -OCH3 is 1. The van der Waals surface area contributed by atoms with Crippen molar-refractivity contribution in [3.05, 3.63) is 52.6 Å². The molecule has 0 saturated carbocycles. The Morgan fingerprint density at radius 2 is 1.96 bits per heavy atom. The van der Waals surface area contributed by atoms with Crippen molar-refractivity contribution in [1.82, 2.24) is 4.98 Å². The van der Waals surface area contributed by atoms with Crippen LogP contribution in [0.2, 0.25) is 0 Å². The molecule has 0 radical (unpaired) electrons. The van der Waals surface area contributed by atoms with Crippen molar-refractivity contribution in [1.29, 1.82) is 0 Å². The average molecular weight is 319 g/mol. The van der Waals surface area contributed by atoms with Gasteiger partial charge >= 0.3 is 5.97 Å². The molecule has 0 fully saturated rings. The molecule has 0 aliphatic carbocycles. The Hall–Kier alpha value is -2.63. The molecule has 1 heterocycles. The zero-order chi connectivity index (χ0) is 17.1. The first-order valence-electron chi connectivity index (χ1n) is 7.09. The number of ether oxygens (including phenoxy) is 2. The minimum Gasteiger partial charge on any atom is -0.482 e. The monoisotopic (exact) mass is 319 g/mol. The van der Waals surface area contributed by atoms with Gasteiger partial charge in [-0.15, -0.1) is 0 Å². The van der Waals surface area contributed by atoms with Gasteiger partial charge in [0.25, 0.3) is 0 Å².